The lowest BCUT2D eigenvalue weighted by Crippen LogP contribution is -2.39. The number of carbonyl (C=O) groups excluding carboxylic acids is 1. The third kappa shape index (κ3) is 3.35. The molecule has 19 heavy (non-hydrogen) atoms. The largest absolute Gasteiger partial charge is 0.398 e. The Balaban J connectivity index is 3.00. The Morgan fingerprint density at radius 3 is 2.47 bits per heavy atom. The molecule has 1 rings (SSSR count). The quantitative estimate of drug-likeness (QED) is 0.839. The second-order valence-electron chi connectivity index (χ2n) is 4.44. The molecule has 1 aromatic carbocycles. The zero-order chi connectivity index (χ0) is 14.6. The Kier molecular flexibility index (Phi) is 5.54. The van der Waals surface area contributed by atoms with E-state index in [1.165, 1.54) is 0 Å². The number of carbonyl (C=O) groups is 1. The average Bonchev–Trinajstić information content (AvgIpc) is 2.41. The molecule has 0 aliphatic rings. The SMILES string of the molecule is CCN(CC)C(=O)C(C)S(=O)c1cccc(C)c1N. The molecule has 0 saturated carbocycles. The van der Waals surface area contributed by atoms with Gasteiger partial charge in [-0.05, 0) is 39.3 Å². The minimum Gasteiger partial charge on any atom is -0.398 e. The normalized spacial score (nSPS) is 13.9. The molecule has 1 aromatic rings. The zero-order valence-electron chi connectivity index (χ0n) is 12.0. The van der Waals surface area contributed by atoms with E-state index in [1.807, 2.05) is 32.9 Å². The van der Waals surface area contributed by atoms with Gasteiger partial charge in [-0.25, -0.2) is 0 Å². The van der Waals surface area contributed by atoms with Crippen molar-refractivity contribution in [1.29, 1.82) is 0 Å². The highest BCUT2D eigenvalue weighted by Gasteiger charge is 2.26. The predicted octanol–water partition coefficient (Wildman–Crippen LogP) is 1.94. The summed E-state index contributed by atoms with van der Waals surface area (Å²) in [5.74, 6) is -0.0933. The summed E-state index contributed by atoms with van der Waals surface area (Å²) < 4.78 is 12.5. The van der Waals surface area contributed by atoms with Crippen LogP contribution in [0.15, 0.2) is 23.1 Å². The van der Waals surface area contributed by atoms with Crippen LogP contribution in [0.4, 0.5) is 5.69 Å². The van der Waals surface area contributed by atoms with Crippen LogP contribution in [-0.4, -0.2) is 33.4 Å². The third-order valence-corrected chi connectivity index (χ3v) is 4.88. The van der Waals surface area contributed by atoms with E-state index in [-0.39, 0.29) is 5.91 Å². The van der Waals surface area contributed by atoms with E-state index < -0.39 is 16.0 Å². The Bertz CT molecular complexity index is 484. The van der Waals surface area contributed by atoms with Crippen LogP contribution in [0.1, 0.15) is 26.3 Å². The van der Waals surface area contributed by atoms with Gasteiger partial charge in [0.2, 0.25) is 5.91 Å². The molecular formula is C14H22N2O2S. The summed E-state index contributed by atoms with van der Waals surface area (Å²) in [5, 5.41) is -0.580. The number of benzene rings is 1. The average molecular weight is 282 g/mol. The zero-order valence-corrected chi connectivity index (χ0v) is 12.8. The summed E-state index contributed by atoms with van der Waals surface area (Å²) in [6, 6.07) is 5.41. The van der Waals surface area contributed by atoms with Crippen LogP contribution in [0.3, 0.4) is 0 Å². The van der Waals surface area contributed by atoms with Crippen LogP contribution >= 0.6 is 0 Å². The highest BCUT2D eigenvalue weighted by atomic mass is 32.2. The maximum Gasteiger partial charge on any atom is 0.238 e. The minimum atomic E-state index is -1.42. The molecule has 106 valence electrons. The fraction of sp³-hybridized carbons (Fsp3) is 0.500. The van der Waals surface area contributed by atoms with Crippen LogP contribution in [0.5, 0.6) is 0 Å². The van der Waals surface area contributed by atoms with Gasteiger partial charge in [0.25, 0.3) is 0 Å². The molecular weight excluding hydrogens is 260 g/mol. The van der Waals surface area contributed by atoms with E-state index in [2.05, 4.69) is 0 Å². The van der Waals surface area contributed by atoms with Crippen molar-refractivity contribution in [1.82, 2.24) is 4.90 Å². The van der Waals surface area contributed by atoms with Crippen molar-refractivity contribution in [3.05, 3.63) is 23.8 Å². The Hall–Kier alpha value is -1.36. The molecule has 1 amide bonds. The lowest BCUT2D eigenvalue weighted by atomic mass is 10.2. The monoisotopic (exact) mass is 282 g/mol. The maximum absolute atomic E-state index is 12.5. The lowest BCUT2D eigenvalue weighted by Gasteiger charge is -2.23. The number of hydrogen-bond donors (Lipinski definition) is 1. The van der Waals surface area contributed by atoms with Crippen molar-refractivity contribution in [2.24, 2.45) is 0 Å². The molecule has 2 N–H and O–H groups in total. The molecule has 2 unspecified atom stereocenters. The van der Waals surface area contributed by atoms with Crippen molar-refractivity contribution < 1.29 is 9.00 Å². The van der Waals surface area contributed by atoms with Gasteiger partial charge in [0, 0.05) is 13.1 Å². The van der Waals surface area contributed by atoms with Crippen LogP contribution in [-0.2, 0) is 15.6 Å². The smallest absolute Gasteiger partial charge is 0.238 e. The number of para-hydroxylation sites is 1. The predicted molar refractivity (Wildman–Crippen MR) is 79.4 cm³/mol. The highest BCUT2D eigenvalue weighted by Crippen LogP contribution is 2.23. The van der Waals surface area contributed by atoms with Crippen LogP contribution in [0.25, 0.3) is 0 Å². The summed E-state index contributed by atoms with van der Waals surface area (Å²) >= 11 is 0. The molecule has 4 nitrogen and oxygen atoms in total. The molecule has 0 saturated heterocycles. The van der Waals surface area contributed by atoms with Crippen LogP contribution in [0.2, 0.25) is 0 Å². The van der Waals surface area contributed by atoms with E-state index in [4.69, 9.17) is 5.73 Å². The van der Waals surface area contributed by atoms with E-state index >= 15 is 0 Å². The second-order valence-corrected chi connectivity index (χ2v) is 6.18. The number of rotatable bonds is 5. The van der Waals surface area contributed by atoms with Gasteiger partial charge in [-0.2, -0.15) is 0 Å². The number of nitrogen functional groups attached to an aromatic ring is 1. The Labute approximate surface area is 117 Å². The van der Waals surface area contributed by atoms with Crippen molar-refractivity contribution in [3.8, 4) is 0 Å². The first-order valence-electron chi connectivity index (χ1n) is 6.48. The maximum atomic E-state index is 12.5. The molecule has 0 radical (unpaired) electrons. The molecule has 2 atom stereocenters. The molecule has 0 aromatic heterocycles. The molecule has 5 heteroatoms. The molecule has 0 aliphatic heterocycles. The number of anilines is 1. The number of aryl methyl sites for hydroxylation is 1. The van der Waals surface area contributed by atoms with Crippen molar-refractivity contribution in [3.63, 3.8) is 0 Å². The van der Waals surface area contributed by atoms with Crippen molar-refractivity contribution >= 4 is 22.4 Å². The first-order chi connectivity index (χ1) is 8.93. The number of nitrogens with zero attached hydrogens (tertiary/aromatic N) is 1. The van der Waals surface area contributed by atoms with Gasteiger partial charge in [0.1, 0.15) is 5.25 Å². The van der Waals surface area contributed by atoms with Gasteiger partial charge in [0.05, 0.1) is 21.4 Å². The second kappa shape index (κ2) is 6.70. The standard InChI is InChI=1S/C14H22N2O2S/c1-5-16(6-2)14(17)11(4)19(18)12-9-7-8-10(3)13(12)15/h7-9,11H,5-6,15H2,1-4H3. The number of hydrogen-bond acceptors (Lipinski definition) is 3. The summed E-state index contributed by atoms with van der Waals surface area (Å²) in [7, 11) is -1.42. The number of amides is 1. The Morgan fingerprint density at radius 1 is 1.37 bits per heavy atom. The topological polar surface area (TPSA) is 63.4 Å². The summed E-state index contributed by atoms with van der Waals surface area (Å²) in [5.41, 5.74) is 7.34. The summed E-state index contributed by atoms with van der Waals surface area (Å²) in [6.45, 7) is 8.64. The first kappa shape index (κ1) is 15.7. The first-order valence-corrected chi connectivity index (χ1v) is 7.69. The molecule has 0 spiro atoms. The Morgan fingerprint density at radius 2 is 1.95 bits per heavy atom. The van der Waals surface area contributed by atoms with Gasteiger partial charge >= 0.3 is 0 Å². The van der Waals surface area contributed by atoms with Gasteiger partial charge in [-0.15, -0.1) is 0 Å². The van der Waals surface area contributed by atoms with Gasteiger partial charge in [0.15, 0.2) is 0 Å². The van der Waals surface area contributed by atoms with Gasteiger partial charge in [-0.1, -0.05) is 12.1 Å². The third-order valence-electron chi connectivity index (χ3n) is 3.24. The van der Waals surface area contributed by atoms with E-state index in [9.17, 15) is 9.00 Å². The molecule has 0 fully saturated rings. The van der Waals surface area contributed by atoms with Crippen LogP contribution < -0.4 is 5.73 Å². The van der Waals surface area contributed by atoms with Gasteiger partial charge in [-0.3, -0.25) is 9.00 Å². The highest BCUT2D eigenvalue weighted by molar-refractivity contribution is 7.86. The van der Waals surface area contributed by atoms with E-state index in [0.717, 1.165) is 5.56 Å². The minimum absolute atomic E-state index is 0.0933. The fourth-order valence-electron chi connectivity index (χ4n) is 1.90. The van der Waals surface area contributed by atoms with Crippen LogP contribution in [0, 0.1) is 6.92 Å². The van der Waals surface area contributed by atoms with Gasteiger partial charge < -0.3 is 10.6 Å². The molecule has 0 aliphatic carbocycles. The lowest BCUT2D eigenvalue weighted by molar-refractivity contribution is -0.129. The van der Waals surface area contributed by atoms with E-state index in [1.54, 1.807) is 17.9 Å². The summed E-state index contributed by atoms with van der Waals surface area (Å²) in [6.07, 6.45) is 0. The van der Waals surface area contributed by atoms with Crippen molar-refractivity contribution in [2.75, 3.05) is 18.8 Å². The molecule has 0 heterocycles. The number of nitrogens with two attached hydrogens (primary N) is 1. The van der Waals surface area contributed by atoms with E-state index in [0.29, 0.717) is 23.7 Å². The fourth-order valence-corrected chi connectivity index (χ4v) is 3.21. The molecule has 0 bridgehead atoms. The summed E-state index contributed by atoms with van der Waals surface area (Å²) in [4.78, 5) is 14.4. The van der Waals surface area contributed by atoms with Crippen molar-refractivity contribution in [2.45, 2.75) is 37.8 Å².